The van der Waals surface area contributed by atoms with Gasteiger partial charge in [-0.3, -0.25) is 4.79 Å². The molecule has 12 heteroatoms. The molecule has 5 rings (SSSR count). The summed E-state index contributed by atoms with van der Waals surface area (Å²) in [7, 11) is 0. The Hall–Kier alpha value is -2.08. The molecule has 0 radical (unpaired) electrons. The van der Waals surface area contributed by atoms with Crippen LogP contribution in [0.2, 0.25) is 0 Å². The van der Waals surface area contributed by atoms with Crippen LogP contribution in [0.15, 0.2) is 12.3 Å². The van der Waals surface area contributed by atoms with Crippen molar-refractivity contribution in [1.82, 2.24) is 10.2 Å². The number of ether oxygens (including phenoxy) is 1. The molecule has 2 aliphatic heterocycles. The third kappa shape index (κ3) is 4.90. The fourth-order valence-electron chi connectivity index (χ4n) is 6.80. The average Bonchev–Trinajstić information content (AvgIpc) is 3.26. The van der Waals surface area contributed by atoms with E-state index in [9.17, 15) is 36.3 Å². The Balaban J connectivity index is 1.35. The summed E-state index contributed by atoms with van der Waals surface area (Å²) in [5, 5.41) is 15.7. The highest BCUT2D eigenvalue weighted by molar-refractivity contribution is 5.83. The molecule has 1 aromatic heterocycles. The number of carbonyl (C=O) groups is 1. The molecule has 2 bridgehead atoms. The van der Waals surface area contributed by atoms with Gasteiger partial charge in [-0.1, -0.05) is 0 Å². The van der Waals surface area contributed by atoms with Crippen LogP contribution in [0.4, 0.5) is 26.3 Å². The van der Waals surface area contributed by atoms with Gasteiger partial charge in [0, 0.05) is 24.2 Å². The Bertz CT molecular complexity index is 1000. The van der Waals surface area contributed by atoms with Crippen molar-refractivity contribution < 1.29 is 40.6 Å². The highest BCUT2D eigenvalue weighted by Gasteiger charge is 2.54. The number of nitrogens with one attached hydrogen (secondary N) is 1. The van der Waals surface area contributed by atoms with Gasteiger partial charge in [-0.05, 0) is 50.0 Å². The van der Waals surface area contributed by atoms with Crippen LogP contribution in [0.25, 0.3) is 0 Å². The van der Waals surface area contributed by atoms with Crippen molar-refractivity contribution in [2.45, 2.75) is 75.9 Å². The Morgan fingerprint density at radius 3 is 2.50 bits per heavy atom. The van der Waals surface area contributed by atoms with Gasteiger partial charge in [0.1, 0.15) is 5.56 Å². The molecule has 6 nitrogen and oxygen atoms in total. The molecule has 1 saturated heterocycles. The summed E-state index contributed by atoms with van der Waals surface area (Å²) < 4.78 is 86.5. The third-order valence-corrected chi connectivity index (χ3v) is 8.43. The van der Waals surface area contributed by atoms with E-state index < -0.39 is 35.7 Å². The summed E-state index contributed by atoms with van der Waals surface area (Å²) in [5.41, 5.74) is -2.69. The molecule has 3 heterocycles. The van der Waals surface area contributed by atoms with Crippen LogP contribution in [-0.4, -0.2) is 48.8 Å². The van der Waals surface area contributed by atoms with Gasteiger partial charge in [0.15, 0.2) is 11.9 Å². The monoisotopic (exact) mass is 521 g/mol. The molecule has 36 heavy (non-hydrogen) atoms. The van der Waals surface area contributed by atoms with Crippen molar-refractivity contribution in [3.63, 3.8) is 0 Å². The minimum absolute atomic E-state index is 0.0126. The Kier molecular flexibility index (Phi) is 6.42. The van der Waals surface area contributed by atoms with E-state index in [0.717, 1.165) is 18.9 Å². The molecule has 1 amide bonds. The van der Waals surface area contributed by atoms with Crippen LogP contribution in [0, 0.1) is 22.5 Å². The lowest BCUT2D eigenvalue weighted by atomic mass is 9.79. The first kappa shape index (κ1) is 25.6. The second kappa shape index (κ2) is 9.04. The smallest absolute Gasteiger partial charge is 0.422 e. The number of pyridine rings is 1. The van der Waals surface area contributed by atoms with Crippen LogP contribution >= 0.6 is 0 Å². The number of hydrogen-bond donors (Lipinski definition) is 1. The minimum Gasteiger partial charge on any atom is -0.618 e. The zero-order chi connectivity index (χ0) is 25.9. The quantitative estimate of drug-likeness (QED) is 0.373. The van der Waals surface area contributed by atoms with Crippen LogP contribution in [0.1, 0.15) is 55.3 Å². The molecule has 3 fully saturated rings. The highest BCUT2D eigenvalue weighted by atomic mass is 19.4. The molecule has 0 aromatic carbocycles. The van der Waals surface area contributed by atoms with E-state index in [1.807, 2.05) is 0 Å². The number of carbonyl (C=O) groups excluding carboxylic acids is 1. The summed E-state index contributed by atoms with van der Waals surface area (Å²) in [5.74, 6) is -0.0610. The molecule has 200 valence electrons. The molecule has 2 saturated carbocycles. The molecule has 2 aliphatic carbocycles. The number of nitrogens with zero attached hydrogens (tertiary/aromatic N) is 2. The SMILES string of the molecule is O=C(N1CCc2c(cc(C(F)(F)F)c[n+]2[O-])C1)C1(CC(F)(F)F)CCC(NC2C3CCC2COC3)C1. The van der Waals surface area contributed by atoms with Crippen molar-refractivity contribution in [2.24, 2.45) is 17.3 Å². The van der Waals surface area contributed by atoms with Crippen molar-refractivity contribution in [3.8, 4) is 0 Å². The number of amides is 1. The predicted octanol–water partition coefficient (Wildman–Crippen LogP) is 3.73. The van der Waals surface area contributed by atoms with Gasteiger partial charge in [0.2, 0.25) is 5.91 Å². The summed E-state index contributed by atoms with van der Waals surface area (Å²) in [6, 6.07) is 0.732. The van der Waals surface area contributed by atoms with Crippen LogP contribution in [0.3, 0.4) is 0 Å². The zero-order valence-electron chi connectivity index (χ0n) is 19.6. The lowest BCUT2D eigenvalue weighted by molar-refractivity contribution is -0.616. The second-order valence-electron chi connectivity index (χ2n) is 10.8. The maximum Gasteiger partial charge on any atom is 0.422 e. The average molecular weight is 522 g/mol. The fraction of sp³-hybridized carbons (Fsp3) is 0.750. The topological polar surface area (TPSA) is 68.5 Å². The van der Waals surface area contributed by atoms with E-state index in [4.69, 9.17) is 4.74 Å². The van der Waals surface area contributed by atoms with Crippen LogP contribution in [0.5, 0.6) is 0 Å². The van der Waals surface area contributed by atoms with Gasteiger partial charge in [0.25, 0.3) is 0 Å². The first-order valence-electron chi connectivity index (χ1n) is 12.4. The number of alkyl halides is 6. The first-order chi connectivity index (χ1) is 16.8. The number of fused-ring (bicyclic) bond motifs is 3. The van der Waals surface area contributed by atoms with Gasteiger partial charge in [0.05, 0.1) is 38.0 Å². The number of rotatable bonds is 4. The van der Waals surface area contributed by atoms with E-state index in [1.165, 1.54) is 4.90 Å². The highest BCUT2D eigenvalue weighted by Crippen LogP contribution is 2.49. The second-order valence-corrected chi connectivity index (χ2v) is 10.8. The summed E-state index contributed by atoms with van der Waals surface area (Å²) in [6.07, 6.45) is -7.65. The maximum absolute atomic E-state index is 13.7. The molecule has 4 aliphatic rings. The van der Waals surface area contributed by atoms with Crippen molar-refractivity contribution in [2.75, 3.05) is 19.8 Å². The van der Waals surface area contributed by atoms with Crippen molar-refractivity contribution in [3.05, 3.63) is 34.3 Å². The summed E-state index contributed by atoms with van der Waals surface area (Å²) in [6.45, 7) is 0.921. The van der Waals surface area contributed by atoms with Gasteiger partial charge >= 0.3 is 12.4 Å². The van der Waals surface area contributed by atoms with Crippen molar-refractivity contribution in [1.29, 1.82) is 0 Å². The number of aromatic nitrogens is 1. The van der Waals surface area contributed by atoms with E-state index in [-0.39, 0.29) is 60.4 Å². The third-order valence-electron chi connectivity index (χ3n) is 8.43. The normalized spacial score (nSPS) is 32.6. The van der Waals surface area contributed by atoms with E-state index in [1.54, 1.807) is 0 Å². The van der Waals surface area contributed by atoms with Crippen LogP contribution < -0.4 is 10.0 Å². The van der Waals surface area contributed by atoms with Crippen LogP contribution in [-0.2, 0) is 28.7 Å². The van der Waals surface area contributed by atoms with E-state index in [2.05, 4.69) is 5.32 Å². The van der Waals surface area contributed by atoms with Gasteiger partial charge in [-0.15, -0.1) is 0 Å². The summed E-state index contributed by atoms with van der Waals surface area (Å²) in [4.78, 5) is 14.8. The maximum atomic E-state index is 13.7. The molecule has 1 aromatic rings. The molecule has 1 N–H and O–H groups in total. The lowest BCUT2D eigenvalue weighted by Gasteiger charge is -2.38. The lowest BCUT2D eigenvalue weighted by Crippen LogP contribution is -2.51. The molecule has 4 unspecified atom stereocenters. The minimum atomic E-state index is -4.75. The standard InChI is InChI=1S/C24H29F6N3O3/c25-23(26,27)13-22(5-3-18(8-22)31-20-14-1-2-15(20)12-36-11-14)21(34)32-6-4-19-16(9-32)7-17(10-33(19)35)24(28,29)30/h7,10,14-15,18,20,31H,1-6,8-9,11-13H2. The van der Waals surface area contributed by atoms with Crippen molar-refractivity contribution >= 4 is 5.91 Å². The Morgan fingerprint density at radius 2 is 1.86 bits per heavy atom. The predicted molar refractivity (Wildman–Crippen MR) is 114 cm³/mol. The van der Waals surface area contributed by atoms with Gasteiger partial charge in [-0.25, -0.2) is 0 Å². The summed E-state index contributed by atoms with van der Waals surface area (Å²) >= 11 is 0. The molecule has 4 atom stereocenters. The Morgan fingerprint density at radius 1 is 1.17 bits per heavy atom. The first-order valence-corrected chi connectivity index (χ1v) is 12.4. The van der Waals surface area contributed by atoms with E-state index in [0.29, 0.717) is 37.7 Å². The Labute approximate surface area is 204 Å². The largest absolute Gasteiger partial charge is 0.618 e. The fourth-order valence-corrected chi connectivity index (χ4v) is 6.80. The zero-order valence-corrected chi connectivity index (χ0v) is 19.6. The number of hydrogen-bond acceptors (Lipinski definition) is 4. The molecule has 0 spiro atoms. The van der Waals surface area contributed by atoms with E-state index >= 15 is 0 Å². The van der Waals surface area contributed by atoms with Gasteiger partial charge in [-0.2, -0.15) is 31.1 Å². The van der Waals surface area contributed by atoms with Gasteiger partial charge < -0.3 is 20.2 Å². The number of halogens is 6. The molecular formula is C24H29F6N3O3. The molecular weight excluding hydrogens is 492 g/mol.